The molecule has 0 rings (SSSR count). The molecular formula is C46H70O6. The van der Waals surface area contributed by atoms with Gasteiger partial charge in [0.1, 0.15) is 13.2 Å². The predicted octanol–water partition coefficient (Wildman–Crippen LogP) is 12.5. The Morgan fingerprint density at radius 1 is 0.404 bits per heavy atom. The van der Waals surface area contributed by atoms with E-state index in [2.05, 4.69) is 75.5 Å². The first kappa shape index (κ1) is 48.1. The van der Waals surface area contributed by atoms with Crippen molar-refractivity contribution in [1.29, 1.82) is 0 Å². The van der Waals surface area contributed by atoms with E-state index in [9.17, 15) is 14.4 Å². The Bertz CT molecular complexity index is 1150. The smallest absolute Gasteiger partial charge is 0.306 e. The first-order valence-corrected chi connectivity index (χ1v) is 20.0. The lowest BCUT2D eigenvalue weighted by molar-refractivity contribution is -0.167. The first-order chi connectivity index (χ1) is 25.5. The van der Waals surface area contributed by atoms with Gasteiger partial charge in [0.15, 0.2) is 6.10 Å². The number of hydrogen-bond acceptors (Lipinski definition) is 6. The Morgan fingerprint density at radius 3 is 1.38 bits per heavy atom. The van der Waals surface area contributed by atoms with Gasteiger partial charge in [-0.25, -0.2) is 0 Å². The lowest BCUT2D eigenvalue weighted by atomic mass is 10.1. The van der Waals surface area contributed by atoms with Crippen LogP contribution in [0, 0.1) is 0 Å². The minimum Gasteiger partial charge on any atom is -0.462 e. The first-order valence-electron chi connectivity index (χ1n) is 20.0. The Hall–Kier alpha value is -3.93. The van der Waals surface area contributed by atoms with Crippen molar-refractivity contribution in [2.75, 3.05) is 13.2 Å². The molecule has 52 heavy (non-hydrogen) atoms. The molecule has 0 heterocycles. The fraction of sp³-hybridized carbons (Fsp3) is 0.543. The van der Waals surface area contributed by atoms with Gasteiger partial charge < -0.3 is 14.2 Å². The van der Waals surface area contributed by atoms with Gasteiger partial charge in [0, 0.05) is 19.3 Å². The average molecular weight is 719 g/mol. The van der Waals surface area contributed by atoms with Crippen LogP contribution in [-0.4, -0.2) is 37.2 Å². The Balaban J connectivity index is 4.59. The lowest BCUT2D eigenvalue weighted by Gasteiger charge is -2.18. The zero-order valence-electron chi connectivity index (χ0n) is 32.8. The zero-order chi connectivity index (χ0) is 38.0. The molecule has 0 aliphatic heterocycles. The third kappa shape index (κ3) is 37.3. The molecule has 0 radical (unpaired) electrons. The summed E-state index contributed by atoms with van der Waals surface area (Å²) in [7, 11) is 0. The van der Waals surface area contributed by atoms with Crippen molar-refractivity contribution in [1.82, 2.24) is 0 Å². The lowest BCUT2D eigenvalue weighted by Crippen LogP contribution is -2.30. The summed E-state index contributed by atoms with van der Waals surface area (Å²) in [4.78, 5) is 37.5. The maximum Gasteiger partial charge on any atom is 0.306 e. The molecule has 6 heteroatoms. The van der Waals surface area contributed by atoms with Gasteiger partial charge >= 0.3 is 17.9 Å². The van der Waals surface area contributed by atoms with E-state index in [4.69, 9.17) is 14.2 Å². The molecule has 1 unspecified atom stereocenters. The van der Waals surface area contributed by atoms with Crippen LogP contribution in [0.2, 0.25) is 0 Å². The molecule has 0 aromatic carbocycles. The molecule has 0 aromatic rings. The van der Waals surface area contributed by atoms with E-state index >= 15 is 0 Å². The summed E-state index contributed by atoms with van der Waals surface area (Å²) in [5, 5.41) is 0. The van der Waals surface area contributed by atoms with Crippen molar-refractivity contribution in [2.24, 2.45) is 0 Å². The van der Waals surface area contributed by atoms with Crippen molar-refractivity contribution in [2.45, 2.75) is 149 Å². The number of carbonyl (C=O) groups excluding carboxylic acids is 3. The van der Waals surface area contributed by atoms with Crippen molar-refractivity contribution in [3.8, 4) is 0 Å². The van der Waals surface area contributed by atoms with E-state index in [1.54, 1.807) is 0 Å². The fourth-order valence-electron chi connectivity index (χ4n) is 4.72. The van der Waals surface area contributed by atoms with Gasteiger partial charge in [0.2, 0.25) is 0 Å². The number of carbonyl (C=O) groups is 3. The van der Waals surface area contributed by atoms with Gasteiger partial charge in [-0.2, -0.15) is 0 Å². The summed E-state index contributed by atoms with van der Waals surface area (Å²) in [5.74, 6) is -1.07. The van der Waals surface area contributed by atoms with Crippen molar-refractivity contribution < 1.29 is 28.6 Å². The monoisotopic (exact) mass is 719 g/mol. The van der Waals surface area contributed by atoms with E-state index in [1.165, 1.54) is 0 Å². The third-order valence-corrected chi connectivity index (χ3v) is 7.63. The molecule has 0 aliphatic carbocycles. The molecule has 6 nitrogen and oxygen atoms in total. The summed E-state index contributed by atoms with van der Waals surface area (Å²) in [6.45, 7) is 6.09. The van der Waals surface area contributed by atoms with Gasteiger partial charge in [0.25, 0.3) is 0 Å². The van der Waals surface area contributed by atoms with E-state index in [0.717, 1.165) is 96.3 Å². The highest BCUT2D eigenvalue weighted by atomic mass is 16.6. The van der Waals surface area contributed by atoms with E-state index in [-0.39, 0.29) is 44.0 Å². The summed E-state index contributed by atoms with van der Waals surface area (Å²) in [6, 6.07) is 0. The van der Waals surface area contributed by atoms with Crippen molar-refractivity contribution in [3.63, 3.8) is 0 Å². The third-order valence-electron chi connectivity index (χ3n) is 7.63. The molecule has 290 valence electrons. The van der Waals surface area contributed by atoms with Gasteiger partial charge in [-0.1, -0.05) is 149 Å². The summed E-state index contributed by atoms with van der Waals surface area (Å²) in [6.07, 6.45) is 52.4. The van der Waals surface area contributed by atoms with Crippen LogP contribution < -0.4 is 0 Å². The highest BCUT2D eigenvalue weighted by Crippen LogP contribution is 2.11. The number of rotatable bonds is 33. The van der Waals surface area contributed by atoms with Gasteiger partial charge in [-0.3, -0.25) is 14.4 Å². The molecule has 0 spiro atoms. The average Bonchev–Trinajstić information content (AvgIpc) is 3.14. The molecule has 0 fully saturated rings. The molecule has 1 atom stereocenters. The van der Waals surface area contributed by atoms with E-state index in [0.29, 0.717) is 12.8 Å². The van der Waals surface area contributed by atoms with Crippen LogP contribution in [0.15, 0.2) is 109 Å². The molecule has 0 aliphatic rings. The van der Waals surface area contributed by atoms with Crippen molar-refractivity contribution in [3.05, 3.63) is 109 Å². The Labute approximate surface area is 317 Å². The molecule has 0 aromatic heterocycles. The van der Waals surface area contributed by atoms with Crippen LogP contribution in [0.4, 0.5) is 0 Å². The zero-order valence-corrected chi connectivity index (χ0v) is 32.8. The fourth-order valence-corrected chi connectivity index (χ4v) is 4.72. The van der Waals surface area contributed by atoms with Gasteiger partial charge in [-0.15, -0.1) is 0 Å². The molecule has 0 saturated carbocycles. The second-order valence-electron chi connectivity index (χ2n) is 12.5. The SMILES string of the molecule is CC\C=C/C=C\C=C/C=C\C=C/CCCC(=O)OCC(COC(=O)CCCC/C=C\C/C=C\CC)OC(=O)CCCCCCC/C=C\C/C=C\CC. The number of ether oxygens (including phenoxy) is 3. The molecule has 0 N–H and O–H groups in total. The summed E-state index contributed by atoms with van der Waals surface area (Å²) >= 11 is 0. The van der Waals surface area contributed by atoms with Crippen molar-refractivity contribution >= 4 is 17.9 Å². The number of hydrogen-bond donors (Lipinski definition) is 0. The Kier molecular flexibility index (Phi) is 36.8. The largest absolute Gasteiger partial charge is 0.462 e. The standard InChI is InChI=1S/C46H70O6/c1-4-7-10-13-16-19-21-23-25-27-30-33-36-39-45(48)51-42-43(41-50-44(47)38-35-32-29-26-18-15-12-9-6-3)52-46(49)40-37-34-31-28-24-22-20-17-14-11-8-5-2/h7-13,16-21,23,25-27,30,43H,4-6,14-15,22,24,28-29,31-42H2,1-3H3/b10-7-,11-8-,12-9-,16-13-,20-17-,21-19-,25-23-,26-18-,30-27-. The second-order valence-corrected chi connectivity index (χ2v) is 12.5. The number of allylic oxidation sites excluding steroid dienone is 18. The molecular weight excluding hydrogens is 648 g/mol. The van der Waals surface area contributed by atoms with Gasteiger partial charge in [0.05, 0.1) is 0 Å². The summed E-state index contributed by atoms with van der Waals surface area (Å²) < 4.78 is 16.5. The van der Waals surface area contributed by atoms with Crippen LogP contribution in [0.1, 0.15) is 143 Å². The molecule has 0 bridgehead atoms. The molecule has 0 amide bonds. The van der Waals surface area contributed by atoms with Gasteiger partial charge in [-0.05, 0) is 83.5 Å². The number of esters is 3. The predicted molar refractivity (Wildman–Crippen MR) is 219 cm³/mol. The molecule has 0 saturated heterocycles. The van der Waals surface area contributed by atoms with Crippen LogP contribution in [0.25, 0.3) is 0 Å². The van der Waals surface area contributed by atoms with Crippen LogP contribution in [0.3, 0.4) is 0 Å². The normalized spacial score (nSPS) is 13.2. The Morgan fingerprint density at radius 2 is 0.808 bits per heavy atom. The quantitative estimate of drug-likeness (QED) is 0.0221. The highest BCUT2D eigenvalue weighted by molar-refractivity contribution is 5.71. The maximum atomic E-state index is 12.6. The second kappa shape index (κ2) is 39.8. The number of unbranched alkanes of at least 4 members (excludes halogenated alkanes) is 8. The van der Waals surface area contributed by atoms with Crippen LogP contribution in [0.5, 0.6) is 0 Å². The minimum atomic E-state index is -0.825. The van der Waals surface area contributed by atoms with E-state index < -0.39 is 6.10 Å². The summed E-state index contributed by atoms with van der Waals surface area (Å²) in [5.41, 5.74) is 0. The van der Waals surface area contributed by atoms with Crippen LogP contribution >= 0.6 is 0 Å². The minimum absolute atomic E-state index is 0.127. The van der Waals surface area contributed by atoms with Crippen LogP contribution in [-0.2, 0) is 28.6 Å². The topological polar surface area (TPSA) is 78.9 Å². The van der Waals surface area contributed by atoms with E-state index in [1.807, 2.05) is 54.7 Å². The maximum absolute atomic E-state index is 12.6. The highest BCUT2D eigenvalue weighted by Gasteiger charge is 2.19.